The molecule has 23 heavy (non-hydrogen) atoms. The van der Waals surface area contributed by atoms with E-state index in [0.29, 0.717) is 6.42 Å². The van der Waals surface area contributed by atoms with Crippen LogP contribution in [0.2, 0.25) is 0 Å². The van der Waals surface area contributed by atoms with Crippen molar-refractivity contribution in [3.8, 4) is 0 Å². The lowest BCUT2D eigenvalue weighted by Crippen LogP contribution is -2.48. The molecule has 0 bridgehead atoms. The van der Waals surface area contributed by atoms with E-state index < -0.39 is 29.3 Å². The Hall–Kier alpha value is -2.65. The van der Waals surface area contributed by atoms with Crippen LogP contribution >= 0.6 is 0 Å². The van der Waals surface area contributed by atoms with Crippen LogP contribution in [0.4, 0.5) is 18.0 Å². The van der Waals surface area contributed by atoms with E-state index in [9.17, 15) is 22.8 Å². The fourth-order valence-electron chi connectivity index (χ4n) is 1.77. The van der Waals surface area contributed by atoms with Crippen molar-refractivity contribution in [2.45, 2.75) is 12.6 Å². The smallest absolute Gasteiger partial charge is 0.312 e. The van der Waals surface area contributed by atoms with E-state index in [1.807, 2.05) is 0 Å². The van der Waals surface area contributed by atoms with Gasteiger partial charge in [0.25, 0.3) is 5.91 Å². The molecule has 0 radical (unpaired) electrons. The van der Waals surface area contributed by atoms with Gasteiger partial charge in [0.05, 0.1) is 11.1 Å². The first kappa shape index (κ1) is 16.7. The van der Waals surface area contributed by atoms with Gasteiger partial charge in [-0.15, -0.1) is 0 Å². The van der Waals surface area contributed by atoms with Crippen LogP contribution in [-0.2, 0) is 11.0 Å². The number of halogens is 3. The van der Waals surface area contributed by atoms with Crippen molar-refractivity contribution in [1.29, 1.82) is 0 Å². The molecule has 0 unspecified atom stereocenters. The molecule has 1 fully saturated rings. The zero-order valence-electron chi connectivity index (χ0n) is 12.3. The molecular weight excluding hydrogens is 317 g/mol. The van der Waals surface area contributed by atoms with Crippen LogP contribution in [0.15, 0.2) is 23.6 Å². The zero-order chi connectivity index (χ0) is 17.2. The highest BCUT2D eigenvalue weighted by molar-refractivity contribution is 6.09. The number of alkyl halides is 3. The van der Waals surface area contributed by atoms with Crippen LogP contribution in [0.3, 0.4) is 0 Å². The molecule has 1 saturated heterocycles. The summed E-state index contributed by atoms with van der Waals surface area (Å²) in [6.45, 7) is 0.184. The van der Waals surface area contributed by atoms with Crippen molar-refractivity contribution in [3.05, 3.63) is 29.6 Å². The van der Waals surface area contributed by atoms with Gasteiger partial charge in [0.1, 0.15) is 0 Å². The van der Waals surface area contributed by atoms with Gasteiger partial charge in [-0.25, -0.2) is 4.79 Å². The van der Waals surface area contributed by atoms with E-state index in [1.54, 1.807) is 0 Å². The van der Waals surface area contributed by atoms with E-state index in [-0.39, 0.29) is 12.4 Å². The number of carbonyl (C=O) groups is 2. The molecule has 0 aliphatic carbocycles. The minimum absolute atomic E-state index is 0.0853. The van der Waals surface area contributed by atoms with Gasteiger partial charge in [0.15, 0.2) is 5.84 Å². The predicted octanol–water partition coefficient (Wildman–Crippen LogP) is 1.96. The molecule has 2 rings (SSSR count). The number of pyridine rings is 1. The fourth-order valence-corrected chi connectivity index (χ4v) is 1.77. The number of carbonyl (C=O) groups excluding carboxylic acids is 2. The first-order valence-electron chi connectivity index (χ1n) is 6.50. The van der Waals surface area contributed by atoms with Crippen molar-refractivity contribution in [2.75, 3.05) is 20.6 Å². The van der Waals surface area contributed by atoms with Gasteiger partial charge in [-0.05, 0) is 6.07 Å². The van der Waals surface area contributed by atoms with Crippen LogP contribution in [0.25, 0.3) is 0 Å². The number of likely N-dealkylation sites (tertiary alicyclic amines) is 1. The highest BCUT2D eigenvalue weighted by atomic mass is 19.4. The SMILES string of the molecule is CN(C)C(=O)ON=C1CCN1C(=O)c1cnccc1C(F)(F)F. The minimum Gasteiger partial charge on any atom is -0.312 e. The van der Waals surface area contributed by atoms with Crippen molar-refractivity contribution >= 4 is 17.8 Å². The zero-order valence-corrected chi connectivity index (χ0v) is 12.3. The first-order valence-corrected chi connectivity index (χ1v) is 6.50. The maximum atomic E-state index is 12.9. The van der Waals surface area contributed by atoms with Crippen molar-refractivity contribution < 1.29 is 27.6 Å². The maximum Gasteiger partial charge on any atom is 0.435 e. The van der Waals surface area contributed by atoms with Crippen molar-refractivity contribution in [2.24, 2.45) is 5.16 Å². The van der Waals surface area contributed by atoms with Gasteiger partial charge >= 0.3 is 12.3 Å². The van der Waals surface area contributed by atoms with Crippen LogP contribution < -0.4 is 0 Å². The quantitative estimate of drug-likeness (QED) is 0.614. The third-order valence-electron chi connectivity index (χ3n) is 3.07. The van der Waals surface area contributed by atoms with Crippen LogP contribution in [0.5, 0.6) is 0 Å². The molecule has 1 aliphatic rings. The lowest BCUT2D eigenvalue weighted by Gasteiger charge is -2.32. The van der Waals surface area contributed by atoms with E-state index in [1.165, 1.54) is 14.1 Å². The number of amides is 2. The standard InChI is InChI=1S/C13H13F3N4O3/c1-19(2)12(22)23-18-10-4-6-20(10)11(21)8-7-17-5-3-9(8)13(14,15)16/h3,5,7H,4,6H2,1-2H3. The Morgan fingerprint density at radius 2 is 2.09 bits per heavy atom. The molecule has 0 spiro atoms. The van der Waals surface area contributed by atoms with E-state index >= 15 is 0 Å². The summed E-state index contributed by atoms with van der Waals surface area (Å²) in [4.78, 5) is 33.8. The number of hydrogen-bond acceptors (Lipinski definition) is 5. The average molecular weight is 330 g/mol. The fraction of sp³-hybridized carbons (Fsp3) is 0.385. The molecule has 0 N–H and O–H groups in total. The Bertz CT molecular complexity index is 658. The van der Waals surface area contributed by atoms with E-state index in [2.05, 4.69) is 15.0 Å². The Morgan fingerprint density at radius 1 is 1.39 bits per heavy atom. The summed E-state index contributed by atoms with van der Waals surface area (Å²) >= 11 is 0. The van der Waals surface area contributed by atoms with Gasteiger partial charge < -0.3 is 4.90 Å². The molecule has 1 aliphatic heterocycles. The predicted molar refractivity (Wildman–Crippen MR) is 72.5 cm³/mol. The van der Waals surface area contributed by atoms with Crippen LogP contribution in [0.1, 0.15) is 22.3 Å². The largest absolute Gasteiger partial charge is 0.435 e. The second-order valence-electron chi connectivity index (χ2n) is 4.88. The Morgan fingerprint density at radius 3 is 2.61 bits per heavy atom. The van der Waals surface area contributed by atoms with Gasteiger partial charge in [0, 0.05) is 39.5 Å². The van der Waals surface area contributed by atoms with Crippen molar-refractivity contribution in [1.82, 2.24) is 14.8 Å². The molecule has 0 aromatic carbocycles. The number of aromatic nitrogens is 1. The summed E-state index contributed by atoms with van der Waals surface area (Å²) < 4.78 is 38.8. The van der Waals surface area contributed by atoms with Gasteiger partial charge in [-0.1, -0.05) is 5.16 Å². The summed E-state index contributed by atoms with van der Waals surface area (Å²) in [5.41, 5.74) is -1.65. The Labute approximate surface area is 129 Å². The molecule has 2 amide bonds. The van der Waals surface area contributed by atoms with Gasteiger partial charge in [0.2, 0.25) is 0 Å². The normalized spacial score (nSPS) is 16.0. The van der Waals surface area contributed by atoms with Gasteiger partial charge in [-0.2, -0.15) is 13.2 Å². The Kier molecular flexibility index (Phi) is 4.52. The molecule has 1 aromatic heterocycles. The monoisotopic (exact) mass is 330 g/mol. The lowest BCUT2D eigenvalue weighted by molar-refractivity contribution is -0.138. The highest BCUT2D eigenvalue weighted by Crippen LogP contribution is 2.32. The van der Waals surface area contributed by atoms with E-state index in [4.69, 9.17) is 0 Å². The summed E-state index contributed by atoms with van der Waals surface area (Å²) in [5, 5.41) is 3.50. The highest BCUT2D eigenvalue weighted by Gasteiger charge is 2.39. The summed E-state index contributed by atoms with van der Waals surface area (Å²) in [5.74, 6) is -0.807. The molecule has 2 heterocycles. The number of rotatable bonds is 2. The molecule has 10 heteroatoms. The molecule has 1 aromatic rings. The van der Waals surface area contributed by atoms with Gasteiger partial charge in [-0.3, -0.25) is 19.5 Å². The molecular formula is C13H13F3N4O3. The third-order valence-corrected chi connectivity index (χ3v) is 3.07. The van der Waals surface area contributed by atoms with E-state index in [0.717, 1.165) is 28.3 Å². The number of oxime groups is 1. The number of hydrogen-bond donors (Lipinski definition) is 0. The molecule has 124 valence electrons. The first-order chi connectivity index (χ1) is 10.7. The van der Waals surface area contributed by atoms with Crippen LogP contribution in [0, 0.1) is 0 Å². The summed E-state index contributed by atoms with van der Waals surface area (Å²) in [7, 11) is 2.88. The number of nitrogens with zero attached hydrogens (tertiary/aromatic N) is 4. The Balaban J connectivity index is 2.19. The second kappa shape index (κ2) is 6.23. The second-order valence-corrected chi connectivity index (χ2v) is 4.88. The molecule has 0 atom stereocenters. The third kappa shape index (κ3) is 3.58. The minimum atomic E-state index is -4.67. The molecule has 7 nitrogen and oxygen atoms in total. The lowest BCUT2D eigenvalue weighted by atomic mass is 10.1. The number of amidine groups is 1. The summed E-state index contributed by atoms with van der Waals surface area (Å²) in [6, 6.07) is 0.732. The van der Waals surface area contributed by atoms with Crippen LogP contribution in [-0.4, -0.2) is 53.3 Å². The summed E-state index contributed by atoms with van der Waals surface area (Å²) in [6.07, 6.45) is -3.30. The van der Waals surface area contributed by atoms with Crippen molar-refractivity contribution in [3.63, 3.8) is 0 Å². The maximum absolute atomic E-state index is 12.9. The molecule has 0 saturated carbocycles. The average Bonchev–Trinajstić information content (AvgIpc) is 2.45. The topological polar surface area (TPSA) is 75.1 Å².